The molecule has 2 rings (SSSR count). The molecule has 1 heteroatoms. The highest BCUT2D eigenvalue weighted by molar-refractivity contribution is 5.30. The number of nitrogens with one attached hydrogen (secondary N) is 1. The van der Waals surface area contributed by atoms with E-state index in [-0.39, 0.29) is 0 Å². The van der Waals surface area contributed by atoms with Gasteiger partial charge in [0.15, 0.2) is 0 Å². The molecule has 1 aromatic rings. The summed E-state index contributed by atoms with van der Waals surface area (Å²) in [6, 6.07) is 7.67. The van der Waals surface area contributed by atoms with Crippen molar-refractivity contribution in [1.29, 1.82) is 0 Å². The van der Waals surface area contributed by atoms with Gasteiger partial charge in [0.2, 0.25) is 0 Å². The van der Waals surface area contributed by atoms with Crippen molar-refractivity contribution < 1.29 is 0 Å². The first-order valence-corrected chi connectivity index (χ1v) is 7.05. The van der Waals surface area contributed by atoms with Crippen LogP contribution in [-0.2, 0) is 6.42 Å². The van der Waals surface area contributed by atoms with Gasteiger partial charge >= 0.3 is 0 Å². The summed E-state index contributed by atoms with van der Waals surface area (Å²) >= 11 is 0. The average Bonchev–Trinajstić information content (AvgIpc) is 3.11. The Morgan fingerprint density at radius 1 is 1.12 bits per heavy atom. The minimum absolute atomic E-state index is 0.869. The van der Waals surface area contributed by atoms with E-state index in [0.717, 1.165) is 6.04 Å². The molecule has 0 heterocycles. The Labute approximate surface area is 106 Å². The summed E-state index contributed by atoms with van der Waals surface area (Å²) in [5, 5.41) is 3.58. The fraction of sp³-hybridized carbons (Fsp3) is 0.625. The molecule has 1 aliphatic rings. The molecule has 17 heavy (non-hydrogen) atoms. The molecule has 0 spiro atoms. The Kier molecular flexibility index (Phi) is 4.61. The number of unbranched alkanes of at least 4 members (excludes halogenated alkanes) is 2. The van der Waals surface area contributed by atoms with Gasteiger partial charge in [-0.1, -0.05) is 30.2 Å². The lowest BCUT2D eigenvalue weighted by molar-refractivity contribution is 0.600. The summed E-state index contributed by atoms with van der Waals surface area (Å²) in [6.07, 6.45) is 8.08. The van der Waals surface area contributed by atoms with E-state index in [1.54, 1.807) is 5.56 Å². The summed E-state index contributed by atoms with van der Waals surface area (Å²) in [5.41, 5.74) is 4.38. The number of hydrogen-bond donors (Lipinski definition) is 1. The molecule has 94 valence electrons. The minimum Gasteiger partial charge on any atom is -0.314 e. The monoisotopic (exact) mass is 231 g/mol. The van der Waals surface area contributed by atoms with Gasteiger partial charge in [-0.25, -0.2) is 0 Å². The molecule has 0 aliphatic heterocycles. The SMILES string of the molecule is Cc1ccc(C)c(CCCCCNC2CC2)c1. The van der Waals surface area contributed by atoms with Crippen LogP contribution in [0.1, 0.15) is 48.8 Å². The van der Waals surface area contributed by atoms with Crippen LogP contribution in [0.15, 0.2) is 18.2 Å². The van der Waals surface area contributed by atoms with Crippen molar-refractivity contribution in [3.63, 3.8) is 0 Å². The Balaban J connectivity index is 1.61. The standard InChI is InChI=1S/C16H25N/c1-13-7-8-14(2)15(12-13)6-4-3-5-11-17-16-9-10-16/h7-8,12,16-17H,3-6,9-11H2,1-2H3. The lowest BCUT2D eigenvalue weighted by atomic mass is 10.00. The molecule has 1 nitrogen and oxygen atoms in total. The van der Waals surface area contributed by atoms with Crippen molar-refractivity contribution in [2.75, 3.05) is 6.54 Å². The van der Waals surface area contributed by atoms with Crippen molar-refractivity contribution >= 4 is 0 Å². The third kappa shape index (κ3) is 4.51. The second kappa shape index (κ2) is 6.20. The van der Waals surface area contributed by atoms with Gasteiger partial charge in [-0.15, -0.1) is 0 Å². The molecule has 0 radical (unpaired) electrons. The Morgan fingerprint density at radius 3 is 2.71 bits per heavy atom. The Hall–Kier alpha value is -0.820. The second-order valence-corrected chi connectivity index (χ2v) is 5.47. The van der Waals surface area contributed by atoms with Crippen LogP contribution in [0.25, 0.3) is 0 Å². The molecule has 0 saturated heterocycles. The van der Waals surface area contributed by atoms with Crippen LogP contribution in [0.2, 0.25) is 0 Å². The van der Waals surface area contributed by atoms with Crippen LogP contribution in [0, 0.1) is 13.8 Å². The molecular formula is C16H25N. The minimum atomic E-state index is 0.869. The number of hydrogen-bond acceptors (Lipinski definition) is 1. The molecule has 1 aromatic carbocycles. The van der Waals surface area contributed by atoms with Gasteiger partial charge in [0, 0.05) is 6.04 Å². The molecule has 0 atom stereocenters. The molecular weight excluding hydrogens is 206 g/mol. The first-order chi connectivity index (χ1) is 8.25. The third-order valence-electron chi connectivity index (χ3n) is 3.64. The van der Waals surface area contributed by atoms with Crippen molar-refractivity contribution in [1.82, 2.24) is 5.32 Å². The van der Waals surface area contributed by atoms with Gasteiger partial charge < -0.3 is 5.32 Å². The highest BCUT2D eigenvalue weighted by atomic mass is 14.9. The van der Waals surface area contributed by atoms with Crippen LogP contribution in [0.5, 0.6) is 0 Å². The summed E-state index contributed by atoms with van der Waals surface area (Å²) in [7, 11) is 0. The second-order valence-electron chi connectivity index (χ2n) is 5.47. The van der Waals surface area contributed by atoms with Crippen LogP contribution < -0.4 is 5.32 Å². The highest BCUT2D eigenvalue weighted by Crippen LogP contribution is 2.18. The summed E-state index contributed by atoms with van der Waals surface area (Å²) < 4.78 is 0. The van der Waals surface area contributed by atoms with Crippen LogP contribution in [-0.4, -0.2) is 12.6 Å². The Bertz CT molecular complexity index is 353. The van der Waals surface area contributed by atoms with Gasteiger partial charge in [-0.2, -0.15) is 0 Å². The first kappa shape index (κ1) is 12.6. The van der Waals surface area contributed by atoms with Gasteiger partial charge in [0.1, 0.15) is 0 Å². The normalized spacial score (nSPS) is 15.2. The van der Waals surface area contributed by atoms with Crippen molar-refractivity contribution in [2.45, 2.75) is 58.4 Å². The van der Waals surface area contributed by atoms with Crippen LogP contribution >= 0.6 is 0 Å². The lowest BCUT2D eigenvalue weighted by Gasteiger charge is -2.07. The zero-order chi connectivity index (χ0) is 12.1. The maximum absolute atomic E-state index is 3.58. The van der Waals surface area contributed by atoms with Crippen molar-refractivity contribution in [2.24, 2.45) is 0 Å². The van der Waals surface area contributed by atoms with E-state index in [2.05, 4.69) is 37.4 Å². The molecule has 0 bridgehead atoms. The van der Waals surface area contributed by atoms with Crippen LogP contribution in [0.4, 0.5) is 0 Å². The van der Waals surface area contributed by atoms with E-state index in [0.29, 0.717) is 0 Å². The van der Waals surface area contributed by atoms with Gasteiger partial charge in [-0.05, 0) is 63.6 Å². The van der Waals surface area contributed by atoms with Crippen molar-refractivity contribution in [3.05, 3.63) is 34.9 Å². The number of rotatable bonds is 7. The van der Waals surface area contributed by atoms with Gasteiger partial charge in [0.25, 0.3) is 0 Å². The predicted molar refractivity (Wildman–Crippen MR) is 74.5 cm³/mol. The molecule has 1 saturated carbocycles. The van der Waals surface area contributed by atoms with Gasteiger partial charge in [0.05, 0.1) is 0 Å². The molecule has 1 N–H and O–H groups in total. The molecule has 0 aromatic heterocycles. The number of aryl methyl sites for hydroxylation is 3. The fourth-order valence-corrected chi connectivity index (χ4v) is 2.28. The van der Waals surface area contributed by atoms with E-state index >= 15 is 0 Å². The molecule has 1 aliphatic carbocycles. The van der Waals surface area contributed by atoms with E-state index in [1.165, 1.54) is 56.2 Å². The molecule has 0 unspecified atom stereocenters. The zero-order valence-electron chi connectivity index (χ0n) is 11.3. The summed E-state index contributed by atoms with van der Waals surface area (Å²) in [6.45, 7) is 5.63. The number of benzene rings is 1. The first-order valence-electron chi connectivity index (χ1n) is 7.05. The summed E-state index contributed by atoms with van der Waals surface area (Å²) in [5.74, 6) is 0. The lowest BCUT2D eigenvalue weighted by Crippen LogP contribution is -2.17. The predicted octanol–water partition coefficient (Wildman–Crippen LogP) is 3.77. The molecule has 0 amide bonds. The van der Waals surface area contributed by atoms with E-state index in [4.69, 9.17) is 0 Å². The van der Waals surface area contributed by atoms with Crippen molar-refractivity contribution in [3.8, 4) is 0 Å². The molecule has 1 fully saturated rings. The maximum atomic E-state index is 3.58. The van der Waals surface area contributed by atoms with Crippen LogP contribution in [0.3, 0.4) is 0 Å². The van der Waals surface area contributed by atoms with E-state index < -0.39 is 0 Å². The smallest absolute Gasteiger partial charge is 0.00682 e. The third-order valence-corrected chi connectivity index (χ3v) is 3.64. The van der Waals surface area contributed by atoms with E-state index in [9.17, 15) is 0 Å². The van der Waals surface area contributed by atoms with E-state index in [1.807, 2.05) is 0 Å². The maximum Gasteiger partial charge on any atom is 0.00682 e. The quantitative estimate of drug-likeness (QED) is 0.704. The largest absolute Gasteiger partial charge is 0.314 e. The summed E-state index contributed by atoms with van der Waals surface area (Å²) in [4.78, 5) is 0. The average molecular weight is 231 g/mol. The topological polar surface area (TPSA) is 12.0 Å². The zero-order valence-corrected chi connectivity index (χ0v) is 11.3. The fourth-order valence-electron chi connectivity index (χ4n) is 2.28. The highest BCUT2D eigenvalue weighted by Gasteiger charge is 2.19. The van der Waals surface area contributed by atoms with Gasteiger partial charge in [-0.3, -0.25) is 0 Å². The Morgan fingerprint density at radius 2 is 1.94 bits per heavy atom.